The Morgan fingerprint density at radius 2 is 1.64 bits per heavy atom. The molecule has 0 bridgehead atoms. The zero-order chi connectivity index (χ0) is 23.8. The van der Waals surface area contributed by atoms with E-state index in [1.165, 1.54) is 24.5 Å². The van der Waals surface area contributed by atoms with Gasteiger partial charge < -0.3 is 0 Å². The fourth-order valence-corrected chi connectivity index (χ4v) is 4.45. The van der Waals surface area contributed by atoms with Crippen LogP contribution in [0.5, 0.6) is 0 Å². The summed E-state index contributed by atoms with van der Waals surface area (Å²) in [5.74, 6) is -1.19. The number of nitrogens with zero attached hydrogens (tertiary/aromatic N) is 1. The summed E-state index contributed by atoms with van der Waals surface area (Å²) in [7, 11) is -3.93. The van der Waals surface area contributed by atoms with Gasteiger partial charge in [-0.25, -0.2) is 8.42 Å². The maximum Gasteiger partial charge on any atom is 0.271 e. The summed E-state index contributed by atoms with van der Waals surface area (Å²) in [4.78, 5) is 28.4. The molecule has 0 aliphatic rings. The Balaban J connectivity index is 1.71. The van der Waals surface area contributed by atoms with Crippen LogP contribution in [-0.2, 0) is 16.4 Å². The molecule has 3 aromatic rings. The van der Waals surface area contributed by atoms with Crippen molar-refractivity contribution in [2.75, 3.05) is 4.72 Å². The highest BCUT2D eigenvalue weighted by Gasteiger charge is 2.20. The second-order valence-corrected chi connectivity index (χ2v) is 9.19. The van der Waals surface area contributed by atoms with Crippen LogP contribution in [0.1, 0.15) is 51.6 Å². The lowest BCUT2D eigenvalue weighted by Crippen LogP contribution is -2.41. The van der Waals surface area contributed by atoms with Crippen molar-refractivity contribution < 1.29 is 18.0 Å². The highest BCUT2D eigenvalue weighted by Crippen LogP contribution is 2.21. The highest BCUT2D eigenvalue weighted by atomic mass is 32.2. The normalized spacial score (nSPS) is 11.0. The first kappa shape index (κ1) is 23.9. The molecule has 2 aromatic carbocycles. The molecular formula is C24H26N4O4S. The van der Waals surface area contributed by atoms with Gasteiger partial charge in [0.05, 0.1) is 10.5 Å². The van der Waals surface area contributed by atoms with E-state index in [1.54, 1.807) is 37.3 Å². The molecule has 1 aromatic heterocycles. The molecule has 3 rings (SSSR count). The number of hydrogen-bond donors (Lipinski definition) is 3. The Hall–Kier alpha value is -3.72. The Morgan fingerprint density at radius 1 is 0.939 bits per heavy atom. The molecule has 0 aliphatic heterocycles. The molecule has 3 N–H and O–H groups in total. The summed E-state index contributed by atoms with van der Waals surface area (Å²) < 4.78 is 28.5. The van der Waals surface area contributed by atoms with Gasteiger partial charge in [0.2, 0.25) is 0 Å². The van der Waals surface area contributed by atoms with Crippen LogP contribution in [0.25, 0.3) is 0 Å². The van der Waals surface area contributed by atoms with E-state index in [-0.39, 0.29) is 16.0 Å². The van der Waals surface area contributed by atoms with Crippen molar-refractivity contribution >= 4 is 27.5 Å². The molecule has 0 saturated heterocycles. The van der Waals surface area contributed by atoms with Gasteiger partial charge in [-0.15, -0.1) is 0 Å². The van der Waals surface area contributed by atoms with Crippen molar-refractivity contribution in [2.24, 2.45) is 0 Å². The molecule has 0 saturated carbocycles. The Kier molecular flexibility index (Phi) is 7.78. The zero-order valence-corrected chi connectivity index (χ0v) is 19.3. The van der Waals surface area contributed by atoms with Crippen LogP contribution in [-0.4, -0.2) is 25.2 Å². The van der Waals surface area contributed by atoms with Gasteiger partial charge in [-0.3, -0.25) is 30.1 Å². The molecule has 9 heteroatoms. The number of sulfonamides is 1. The zero-order valence-electron chi connectivity index (χ0n) is 18.5. The summed E-state index contributed by atoms with van der Waals surface area (Å²) >= 11 is 0. The first-order valence-corrected chi connectivity index (χ1v) is 12.0. The number of benzene rings is 2. The number of hydrogen-bond acceptors (Lipinski definition) is 5. The molecule has 0 spiro atoms. The van der Waals surface area contributed by atoms with Gasteiger partial charge in [0, 0.05) is 23.6 Å². The number of nitrogens with one attached hydrogen (secondary N) is 3. The van der Waals surface area contributed by atoms with Crippen LogP contribution < -0.4 is 15.6 Å². The number of carbonyl (C=O) groups excluding carboxylic acids is 2. The second kappa shape index (κ2) is 10.7. The first-order valence-electron chi connectivity index (χ1n) is 10.5. The average Bonchev–Trinajstić information content (AvgIpc) is 2.82. The Bertz CT molecular complexity index is 1230. The third-order valence-electron chi connectivity index (χ3n) is 4.98. The van der Waals surface area contributed by atoms with Crippen LogP contribution in [0.2, 0.25) is 0 Å². The number of aromatic nitrogens is 1. The molecule has 0 aliphatic carbocycles. The number of hydrazine groups is 1. The summed E-state index contributed by atoms with van der Waals surface area (Å²) in [5.41, 5.74) is 7.00. The number of aryl methyl sites for hydroxylation is 2. The van der Waals surface area contributed by atoms with Crippen molar-refractivity contribution in [3.05, 3.63) is 89.2 Å². The van der Waals surface area contributed by atoms with Gasteiger partial charge in [0.25, 0.3) is 21.8 Å². The number of unbranched alkanes of at least 4 members (excludes halogenated alkanes) is 1. The number of pyridine rings is 1. The minimum atomic E-state index is -3.93. The maximum atomic E-state index is 13.0. The lowest BCUT2D eigenvalue weighted by Gasteiger charge is -2.13. The van der Waals surface area contributed by atoms with Gasteiger partial charge >= 0.3 is 0 Å². The Morgan fingerprint density at radius 3 is 2.27 bits per heavy atom. The van der Waals surface area contributed by atoms with Crippen molar-refractivity contribution in [2.45, 2.75) is 38.0 Å². The largest absolute Gasteiger partial charge is 0.280 e. The maximum absolute atomic E-state index is 13.0. The predicted molar refractivity (Wildman–Crippen MR) is 126 cm³/mol. The van der Waals surface area contributed by atoms with Crippen molar-refractivity contribution in [1.29, 1.82) is 0 Å². The quantitative estimate of drug-likeness (QED) is 0.439. The van der Waals surface area contributed by atoms with E-state index in [9.17, 15) is 18.0 Å². The van der Waals surface area contributed by atoms with Crippen LogP contribution in [0.4, 0.5) is 5.69 Å². The number of carbonyl (C=O) groups is 2. The number of amides is 2. The summed E-state index contributed by atoms with van der Waals surface area (Å²) in [6.45, 7) is 3.77. The van der Waals surface area contributed by atoms with Gasteiger partial charge in [-0.2, -0.15) is 0 Å². The smallest absolute Gasteiger partial charge is 0.271 e. The molecule has 1 heterocycles. The molecule has 0 radical (unpaired) electrons. The molecule has 0 fully saturated rings. The second-order valence-electron chi connectivity index (χ2n) is 7.54. The highest BCUT2D eigenvalue weighted by molar-refractivity contribution is 7.92. The molecular weight excluding hydrogens is 440 g/mol. The van der Waals surface area contributed by atoms with Gasteiger partial charge in [0.15, 0.2) is 0 Å². The minimum absolute atomic E-state index is 0.0243. The predicted octanol–water partition coefficient (Wildman–Crippen LogP) is 3.61. The van der Waals surface area contributed by atoms with Crippen molar-refractivity contribution in [3.63, 3.8) is 0 Å². The summed E-state index contributed by atoms with van der Waals surface area (Å²) in [6.07, 6.45) is 5.99. The molecule has 8 nitrogen and oxygen atoms in total. The topological polar surface area (TPSA) is 117 Å². The van der Waals surface area contributed by atoms with Gasteiger partial charge in [0.1, 0.15) is 0 Å². The molecule has 172 valence electrons. The SMILES string of the molecule is CCCCc1ccc(NS(=O)(=O)c2cc(C(=O)NNC(=O)c3cccnc3)ccc2C)cc1. The van der Waals surface area contributed by atoms with Crippen molar-refractivity contribution in [3.8, 4) is 0 Å². The standard InChI is InChI=1S/C24H26N4O4S/c1-3-4-6-18-9-12-21(13-10-18)28-33(31,32)22-15-19(11-8-17(22)2)23(29)26-27-24(30)20-7-5-14-25-16-20/h5,7-16,28H,3-4,6H2,1-2H3,(H,26,29)(H,27,30). The first-order chi connectivity index (χ1) is 15.8. The number of rotatable bonds is 8. The van der Waals surface area contributed by atoms with E-state index >= 15 is 0 Å². The fourth-order valence-electron chi connectivity index (χ4n) is 3.12. The van der Waals surface area contributed by atoms with Gasteiger partial charge in [-0.1, -0.05) is 31.5 Å². The Labute approximate surface area is 193 Å². The minimum Gasteiger partial charge on any atom is -0.280 e. The molecule has 33 heavy (non-hydrogen) atoms. The van der Waals surface area contributed by atoms with E-state index in [4.69, 9.17) is 0 Å². The van der Waals surface area contributed by atoms with Crippen LogP contribution in [0.3, 0.4) is 0 Å². The van der Waals surface area contributed by atoms with Crippen LogP contribution >= 0.6 is 0 Å². The molecule has 0 unspecified atom stereocenters. The third-order valence-corrected chi connectivity index (χ3v) is 6.50. The molecule has 0 atom stereocenters. The van der Waals surface area contributed by atoms with E-state index in [2.05, 4.69) is 27.5 Å². The van der Waals surface area contributed by atoms with E-state index < -0.39 is 21.8 Å². The van der Waals surface area contributed by atoms with E-state index in [1.807, 2.05) is 12.1 Å². The van der Waals surface area contributed by atoms with Gasteiger partial charge in [-0.05, 0) is 67.3 Å². The molecule has 2 amide bonds. The lowest BCUT2D eigenvalue weighted by molar-refractivity contribution is 0.0846. The third kappa shape index (κ3) is 6.39. The van der Waals surface area contributed by atoms with E-state index in [0.717, 1.165) is 24.8 Å². The monoisotopic (exact) mass is 466 g/mol. The summed E-state index contributed by atoms with van der Waals surface area (Å²) in [6, 6.07) is 14.7. The lowest BCUT2D eigenvalue weighted by atomic mass is 10.1. The average molecular weight is 467 g/mol. The summed E-state index contributed by atoms with van der Waals surface area (Å²) in [5, 5.41) is 0. The fraction of sp³-hybridized carbons (Fsp3) is 0.208. The number of anilines is 1. The van der Waals surface area contributed by atoms with Crippen LogP contribution in [0.15, 0.2) is 71.9 Å². The van der Waals surface area contributed by atoms with Crippen LogP contribution in [0, 0.1) is 6.92 Å². The van der Waals surface area contributed by atoms with E-state index in [0.29, 0.717) is 11.3 Å². The van der Waals surface area contributed by atoms with Crippen molar-refractivity contribution in [1.82, 2.24) is 15.8 Å².